The summed E-state index contributed by atoms with van der Waals surface area (Å²) in [7, 11) is -2.59. The molecule has 4 aromatic carbocycles. The maximum Gasteiger partial charge on any atom is 0.411 e. The van der Waals surface area contributed by atoms with Crippen LogP contribution in [0.15, 0.2) is 102 Å². The highest BCUT2D eigenvalue weighted by atomic mass is 35.5. The van der Waals surface area contributed by atoms with E-state index in [1.54, 1.807) is 37.3 Å². The molecule has 7 rings (SSSR count). The van der Waals surface area contributed by atoms with Gasteiger partial charge in [-0.1, -0.05) is 48.0 Å². The van der Waals surface area contributed by atoms with Crippen LogP contribution in [0.25, 0.3) is 21.8 Å². The molecule has 2 aromatic heterocycles. The fraction of sp³-hybridized carbons (Fsp3) is 0.225. The monoisotopic (exact) mass is 736 g/mol. The van der Waals surface area contributed by atoms with Crippen LogP contribution in [0.4, 0.5) is 10.5 Å². The van der Waals surface area contributed by atoms with Crippen LogP contribution in [0.5, 0.6) is 5.75 Å². The number of ether oxygens (including phenoxy) is 2. The SMILES string of the molecule is COc1cc(C(=O)NS(=O)(=O)c2ccccc2C)ccc1Cc1cn(Cc2ccc3ccc(Cl)cc3n2)c2ccc(NC(=O)OC3CCCC3)cc12. The average molecular weight is 737 g/mol. The number of halogens is 1. The smallest absolute Gasteiger partial charge is 0.411 e. The Labute approximate surface area is 306 Å². The predicted octanol–water partition coefficient (Wildman–Crippen LogP) is 8.41. The van der Waals surface area contributed by atoms with Crippen LogP contribution in [0, 0.1) is 6.92 Å². The number of fused-ring (bicyclic) bond motifs is 2. The van der Waals surface area contributed by atoms with Gasteiger partial charge in [0.1, 0.15) is 11.9 Å². The molecular formula is C40H37ClN4O6S. The minimum Gasteiger partial charge on any atom is -0.496 e. The third-order valence-electron chi connectivity index (χ3n) is 9.37. The molecule has 2 N–H and O–H groups in total. The second-order valence-electron chi connectivity index (χ2n) is 13.0. The number of hydrogen-bond acceptors (Lipinski definition) is 7. The first kappa shape index (κ1) is 35.0. The van der Waals surface area contributed by atoms with Crippen molar-refractivity contribution < 1.29 is 27.5 Å². The number of sulfonamides is 1. The number of nitrogens with zero attached hydrogens (tertiary/aromatic N) is 2. The van der Waals surface area contributed by atoms with E-state index in [0.717, 1.165) is 64.3 Å². The lowest BCUT2D eigenvalue weighted by atomic mass is 10.0. The Balaban J connectivity index is 1.19. The zero-order valence-electron chi connectivity index (χ0n) is 28.7. The van der Waals surface area contributed by atoms with Crippen molar-refractivity contribution in [1.29, 1.82) is 0 Å². The number of carbonyl (C=O) groups excluding carboxylic acids is 2. The number of amides is 2. The van der Waals surface area contributed by atoms with Crippen molar-refractivity contribution in [2.45, 2.75) is 56.6 Å². The first-order valence-electron chi connectivity index (χ1n) is 17.0. The van der Waals surface area contributed by atoms with Crippen molar-refractivity contribution in [2.75, 3.05) is 12.4 Å². The lowest BCUT2D eigenvalue weighted by molar-refractivity contribution is 0.0980. The second kappa shape index (κ2) is 14.7. The van der Waals surface area contributed by atoms with Gasteiger partial charge in [-0.25, -0.2) is 17.9 Å². The molecule has 2 amide bonds. The van der Waals surface area contributed by atoms with E-state index in [2.05, 4.69) is 14.6 Å². The van der Waals surface area contributed by atoms with E-state index in [-0.39, 0.29) is 16.6 Å². The van der Waals surface area contributed by atoms with Crippen molar-refractivity contribution in [1.82, 2.24) is 14.3 Å². The van der Waals surface area contributed by atoms with E-state index in [4.69, 9.17) is 26.1 Å². The summed E-state index contributed by atoms with van der Waals surface area (Å²) in [5.74, 6) is -0.349. The summed E-state index contributed by atoms with van der Waals surface area (Å²) in [6, 6.07) is 26.7. The van der Waals surface area contributed by atoms with Gasteiger partial charge in [-0.2, -0.15) is 0 Å². The molecule has 0 atom stereocenters. The summed E-state index contributed by atoms with van der Waals surface area (Å²) < 4.78 is 41.7. The normalized spacial score (nSPS) is 13.4. The Bertz CT molecular complexity index is 2440. The van der Waals surface area contributed by atoms with Crippen LogP contribution in [-0.2, 0) is 27.7 Å². The zero-order valence-corrected chi connectivity index (χ0v) is 30.3. The fourth-order valence-electron chi connectivity index (χ4n) is 6.75. The van der Waals surface area contributed by atoms with Crippen LogP contribution in [0.3, 0.4) is 0 Å². The number of carbonyl (C=O) groups is 2. The molecule has 1 fully saturated rings. The minimum atomic E-state index is -4.09. The molecule has 0 bridgehead atoms. The summed E-state index contributed by atoms with van der Waals surface area (Å²) in [4.78, 5) is 30.8. The van der Waals surface area contributed by atoms with Crippen molar-refractivity contribution >= 4 is 61.1 Å². The summed E-state index contributed by atoms with van der Waals surface area (Å²) >= 11 is 6.26. The maximum atomic E-state index is 13.2. The van der Waals surface area contributed by atoms with Crippen LogP contribution >= 0.6 is 11.6 Å². The predicted molar refractivity (Wildman–Crippen MR) is 202 cm³/mol. The van der Waals surface area contributed by atoms with Gasteiger partial charge in [-0.3, -0.25) is 15.1 Å². The van der Waals surface area contributed by atoms with E-state index in [1.807, 2.05) is 54.7 Å². The van der Waals surface area contributed by atoms with E-state index < -0.39 is 22.0 Å². The van der Waals surface area contributed by atoms with Gasteiger partial charge in [0.15, 0.2) is 0 Å². The van der Waals surface area contributed by atoms with Gasteiger partial charge in [0, 0.05) is 45.2 Å². The number of rotatable bonds is 10. The minimum absolute atomic E-state index is 0.0340. The number of pyridine rings is 1. The van der Waals surface area contributed by atoms with Crippen LogP contribution in [0.2, 0.25) is 5.02 Å². The highest BCUT2D eigenvalue weighted by Crippen LogP contribution is 2.32. The Morgan fingerprint density at radius 2 is 1.73 bits per heavy atom. The van der Waals surface area contributed by atoms with Gasteiger partial charge >= 0.3 is 6.09 Å². The second-order valence-corrected chi connectivity index (χ2v) is 15.1. The van der Waals surface area contributed by atoms with Gasteiger partial charge in [0.2, 0.25) is 0 Å². The number of aryl methyl sites for hydroxylation is 1. The van der Waals surface area contributed by atoms with Crippen molar-refractivity contribution in [3.63, 3.8) is 0 Å². The average Bonchev–Trinajstić information content (AvgIpc) is 3.75. The van der Waals surface area contributed by atoms with Gasteiger partial charge in [0.25, 0.3) is 15.9 Å². The summed E-state index contributed by atoms with van der Waals surface area (Å²) in [5, 5.41) is 5.40. The van der Waals surface area contributed by atoms with Crippen molar-refractivity contribution in [3.8, 4) is 5.75 Å². The maximum absolute atomic E-state index is 13.2. The number of benzene rings is 4. The molecule has 0 unspecified atom stereocenters. The van der Waals surface area contributed by atoms with E-state index in [1.165, 1.54) is 19.2 Å². The lowest BCUT2D eigenvalue weighted by Crippen LogP contribution is -2.31. The first-order valence-corrected chi connectivity index (χ1v) is 18.9. The van der Waals surface area contributed by atoms with Gasteiger partial charge in [-0.05, 0) is 104 Å². The zero-order chi connectivity index (χ0) is 36.4. The van der Waals surface area contributed by atoms with E-state index in [9.17, 15) is 18.0 Å². The third kappa shape index (κ3) is 7.61. The molecule has 10 nitrogen and oxygen atoms in total. The molecule has 52 heavy (non-hydrogen) atoms. The van der Waals surface area contributed by atoms with Crippen LogP contribution in [-0.4, -0.2) is 43.2 Å². The van der Waals surface area contributed by atoms with Crippen LogP contribution < -0.4 is 14.8 Å². The van der Waals surface area contributed by atoms with Gasteiger partial charge < -0.3 is 14.0 Å². The molecule has 0 saturated heterocycles. The Morgan fingerprint density at radius 3 is 2.52 bits per heavy atom. The number of hydrogen-bond donors (Lipinski definition) is 2. The summed E-state index contributed by atoms with van der Waals surface area (Å²) in [6.45, 7) is 2.14. The Hall–Kier alpha value is -5.39. The largest absolute Gasteiger partial charge is 0.496 e. The number of nitrogens with one attached hydrogen (secondary N) is 2. The van der Waals surface area contributed by atoms with Crippen molar-refractivity contribution in [2.24, 2.45) is 0 Å². The standard InChI is InChI=1S/C40H37ClN4O6S/c1-25-7-3-6-10-38(25)52(48,49)44-39(46)28-12-11-27(37(20-28)50-2)19-29-23-45(24-32-16-14-26-13-15-30(41)21-35(26)42-32)36-18-17-31(22-34(29)36)43-40(47)51-33-8-4-5-9-33/h3,6-7,10-18,20-23,33H,4-5,8-9,19,24H2,1-2H3,(H,43,47)(H,44,46). The third-order valence-corrected chi connectivity index (χ3v) is 11.1. The molecule has 2 heterocycles. The molecular weight excluding hydrogens is 700 g/mol. The molecule has 266 valence electrons. The molecule has 0 spiro atoms. The summed E-state index contributed by atoms with van der Waals surface area (Å²) in [5.41, 5.74) is 5.54. The van der Waals surface area contributed by atoms with Crippen LogP contribution in [0.1, 0.15) is 58.4 Å². The molecule has 1 aliphatic rings. The fourth-order valence-corrected chi connectivity index (χ4v) is 8.14. The molecule has 6 aromatic rings. The highest BCUT2D eigenvalue weighted by molar-refractivity contribution is 7.90. The van der Waals surface area contributed by atoms with E-state index in [0.29, 0.717) is 35.0 Å². The molecule has 0 aliphatic heterocycles. The number of anilines is 1. The Morgan fingerprint density at radius 1 is 0.942 bits per heavy atom. The molecule has 1 aliphatic carbocycles. The molecule has 0 radical (unpaired) electrons. The quantitative estimate of drug-likeness (QED) is 0.145. The molecule has 1 saturated carbocycles. The Kier molecular flexibility index (Phi) is 9.90. The van der Waals surface area contributed by atoms with Gasteiger partial charge in [0.05, 0.1) is 29.8 Å². The highest BCUT2D eigenvalue weighted by Gasteiger charge is 2.23. The number of aromatic nitrogens is 2. The van der Waals surface area contributed by atoms with Crippen molar-refractivity contribution in [3.05, 3.63) is 130 Å². The summed E-state index contributed by atoms with van der Waals surface area (Å²) in [6.07, 6.45) is 5.77. The number of methoxy groups -OCH3 is 1. The first-order chi connectivity index (χ1) is 25.1. The lowest BCUT2D eigenvalue weighted by Gasteiger charge is -2.13. The molecule has 12 heteroatoms. The van der Waals surface area contributed by atoms with Gasteiger partial charge in [-0.15, -0.1) is 0 Å². The van der Waals surface area contributed by atoms with E-state index >= 15 is 0 Å². The topological polar surface area (TPSA) is 129 Å².